The first kappa shape index (κ1) is 14.9. The van der Waals surface area contributed by atoms with E-state index in [1.807, 2.05) is 54.6 Å². The van der Waals surface area contributed by atoms with Gasteiger partial charge in [0, 0.05) is 19.1 Å². The molecule has 0 heterocycles. The number of hydrogen-bond donors (Lipinski definition) is 0. The van der Waals surface area contributed by atoms with Gasteiger partial charge >= 0.3 is 0 Å². The molecule has 0 spiro atoms. The monoisotopic (exact) mass is 314 g/mol. The summed E-state index contributed by atoms with van der Waals surface area (Å²) < 4.78 is 6.02. The van der Waals surface area contributed by atoms with Gasteiger partial charge in [-0.05, 0) is 22.3 Å². The van der Waals surface area contributed by atoms with Crippen molar-refractivity contribution in [2.45, 2.75) is 12.0 Å². The number of carbonyl (C=O) groups excluding carboxylic acids is 1. The molecule has 0 amide bonds. The number of benzene rings is 3. The van der Waals surface area contributed by atoms with Crippen LogP contribution in [0.2, 0.25) is 0 Å². The van der Waals surface area contributed by atoms with Crippen molar-refractivity contribution < 1.29 is 9.53 Å². The molecule has 2 nitrogen and oxygen atoms in total. The molecule has 0 saturated heterocycles. The van der Waals surface area contributed by atoms with Crippen LogP contribution in [-0.4, -0.2) is 12.9 Å². The summed E-state index contributed by atoms with van der Waals surface area (Å²) >= 11 is 0. The molecule has 0 fully saturated rings. The lowest BCUT2D eigenvalue weighted by Gasteiger charge is -2.30. The first-order chi connectivity index (χ1) is 11.8. The second kappa shape index (κ2) is 5.73. The Bertz CT molecular complexity index is 851. The van der Waals surface area contributed by atoms with Gasteiger partial charge in [0.2, 0.25) is 0 Å². The molecule has 24 heavy (non-hydrogen) atoms. The number of carbonyl (C=O) groups is 1. The molecule has 1 aliphatic carbocycles. The number of methoxy groups -OCH3 is 1. The summed E-state index contributed by atoms with van der Waals surface area (Å²) in [6.07, 6.45) is 0.293. The standard InChI is InChI=1S/C22H18O2/c1-24-22(15-21(23)16-9-3-2-4-10-16)19-13-7-5-11-17(19)18-12-6-8-14-20(18)22/h2-14H,15H2,1H3. The van der Waals surface area contributed by atoms with Gasteiger partial charge in [0.05, 0.1) is 0 Å². The molecule has 0 atom stereocenters. The lowest BCUT2D eigenvalue weighted by molar-refractivity contribution is 0.0195. The van der Waals surface area contributed by atoms with E-state index in [4.69, 9.17) is 4.74 Å². The largest absolute Gasteiger partial charge is 0.368 e. The zero-order chi connectivity index (χ0) is 16.6. The highest BCUT2D eigenvalue weighted by atomic mass is 16.5. The van der Waals surface area contributed by atoms with E-state index in [-0.39, 0.29) is 5.78 Å². The van der Waals surface area contributed by atoms with Crippen LogP contribution < -0.4 is 0 Å². The summed E-state index contributed by atoms with van der Waals surface area (Å²) in [5.41, 5.74) is 4.43. The van der Waals surface area contributed by atoms with Gasteiger partial charge in [-0.1, -0.05) is 78.9 Å². The van der Waals surface area contributed by atoms with Crippen molar-refractivity contribution in [2.24, 2.45) is 0 Å². The fourth-order valence-electron chi connectivity index (χ4n) is 3.72. The van der Waals surface area contributed by atoms with Crippen LogP contribution in [0.15, 0.2) is 78.9 Å². The molecule has 0 aliphatic heterocycles. The Kier molecular flexibility index (Phi) is 3.55. The molecular weight excluding hydrogens is 296 g/mol. The average Bonchev–Trinajstić information content (AvgIpc) is 2.93. The first-order valence-electron chi connectivity index (χ1n) is 8.09. The summed E-state index contributed by atoms with van der Waals surface area (Å²) in [4.78, 5) is 12.9. The molecule has 1 aliphatic rings. The van der Waals surface area contributed by atoms with E-state index < -0.39 is 5.60 Å². The zero-order valence-corrected chi connectivity index (χ0v) is 13.5. The lowest BCUT2D eigenvalue weighted by Crippen LogP contribution is -2.30. The Morgan fingerprint density at radius 3 is 1.83 bits per heavy atom. The normalized spacial score (nSPS) is 14.0. The predicted molar refractivity (Wildman–Crippen MR) is 95.1 cm³/mol. The van der Waals surface area contributed by atoms with Crippen LogP contribution in [0.25, 0.3) is 11.1 Å². The van der Waals surface area contributed by atoms with Crippen molar-refractivity contribution in [3.8, 4) is 11.1 Å². The molecule has 0 aromatic heterocycles. The molecule has 0 N–H and O–H groups in total. The highest BCUT2D eigenvalue weighted by molar-refractivity contribution is 5.98. The molecule has 2 heteroatoms. The van der Waals surface area contributed by atoms with E-state index in [1.165, 1.54) is 0 Å². The topological polar surface area (TPSA) is 26.3 Å². The molecule has 0 saturated carbocycles. The van der Waals surface area contributed by atoms with Crippen LogP contribution >= 0.6 is 0 Å². The minimum atomic E-state index is -0.722. The van der Waals surface area contributed by atoms with Crippen molar-refractivity contribution in [1.82, 2.24) is 0 Å². The molecule has 118 valence electrons. The number of hydrogen-bond acceptors (Lipinski definition) is 2. The molecule has 3 aromatic rings. The van der Waals surface area contributed by atoms with Crippen LogP contribution in [0, 0.1) is 0 Å². The second-order valence-electron chi connectivity index (χ2n) is 6.09. The van der Waals surface area contributed by atoms with Crippen LogP contribution in [0.3, 0.4) is 0 Å². The SMILES string of the molecule is COC1(CC(=O)c2ccccc2)c2ccccc2-c2ccccc21. The highest BCUT2D eigenvalue weighted by Gasteiger charge is 2.44. The van der Waals surface area contributed by atoms with Crippen molar-refractivity contribution in [1.29, 1.82) is 0 Å². The van der Waals surface area contributed by atoms with Gasteiger partial charge < -0.3 is 4.74 Å². The van der Waals surface area contributed by atoms with E-state index in [0.717, 1.165) is 27.8 Å². The molecule has 0 bridgehead atoms. The fourth-order valence-corrected chi connectivity index (χ4v) is 3.72. The van der Waals surface area contributed by atoms with Crippen molar-refractivity contribution >= 4 is 5.78 Å². The Balaban J connectivity index is 1.86. The van der Waals surface area contributed by atoms with Crippen molar-refractivity contribution in [3.63, 3.8) is 0 Å². The number of fused-ring (bicyclic) bond motifs is 3. The summed E-state index contributed by atoms with van der Waals surface area (Å²) in [6, 6.07) is 25.8. The van der Waals surface area contributed by atoms with Gasteiger partial charge in [-0.3, -0.25) is 4.79 Å². The van der Waals surface area contributed by atoms with Gasteiger partial charge in [0.1, 0.15) is 5.60 Å². The van der Waals surface area contributed by atoms with Crippen LogP contribution in [0.4, 0.5) is 0 Å². The quantitative estimate of drug-likeness (QED) is 0.645. The fraction of sp³-hybridized carbons (Fsp3) is 0.136. The van der Waals surface area contributed by atoms with E-state index >= 15 is 0 Å². The smallest absolute Gasteiger partial charge is 0.166 e. The average molecular weight is 314 g/mol. The van der Waals surface area contributed by atoms with Gasteiger partial charge in [0.15, 0.2) is 5.78 Å². The van der Waals surface area contributed by atoms with Gasteiger partial charge in [-0.2, -0.15) is 0 Å². The molecule has 4 rings (SSSR count). The van der Waals surface area contributed by atoms with Crippen LogP contribution in [0.5, 0.6) is 0 Å². The first-order valence-corrected chi connectivity index (χ1v) is 8.09. The maximum absolute atomic E-state index is 12.9. The molecule has 0 radical (unpaired) electrons. The van der Waals surface area contributed by atoms with E-state index in [2.05, 4.69) is 24.3 Å². The third-order valence-corrected chi connectivity index (χ3v) is 4.87. The molecule has 3 aromatic carbocycles. The predicted octanol–water partition coefficient (Wildman–Crippen LogP) is 4.83. The van der Waals surface area contributed by atoms with Crippen molar-refractivity contribution in [3.05, 3.63) is 95.6 Å². The lowest BCUT2D eigenvalue weighted by atomic mass is 9.84. The van der Waals surface area contributed by atoms with Gasteiger partial charge in [-0.25, -0.2) is 0 Å². The third kappa shape index (κ3) is 2.11. The molecule has 0 unspecified atom stereocenters. The number of rotatable bonds is 4. The van der Waals surface area contributed by atoms with Gasteiger partial charge in [0.25, 0.3) is 0 Å². The Hall–Kier alpha value is -2.71. The summed E-state index contributed by atoms with van der Waals surface area (Å²) in [7, 11) is 1.69. The maximum atomic E-state index is 12.9. The minimum Gasteiger partial charge on any atom is -0.368 e. The van der Waals surface area contributed by atoms with Crippen LogP contribution in [-0.2, 0) is 10.3 Å². The Morgan fingerprint density at radius 1 is 0.792 bits per heavy atom. The van der Waals surface area contributed by atoms with Gasteiger partial charge in [-0.15, -0.1) is 0 Å². The van der Waals surface area contributed by atoms with Crippen LogP contribution in [0.1, 0.15) is 27.9 Å². The number of ether oxygens (including phenoxy) is 1. The zero-order valence-electron chi connectivity index (χ0n) is 13.5. The minimum absolute atomic E-state index is 0.0870. The summed E-state index contributed by atoms with van der Waals surface area (Å²) in [5.74, 6) is 0.0870. The van der Waals surface area contributed by atoms with E-state index in [9.17, 15) is 4.79 Å². The second-order valence-corrected chi connectivity index (χ2v) is 6.09. The Labute approximate surface area is 141 Å². The number of Topliss-reactive ketones (excluding diaryl/α,β-unsaturated/α-hetero) is 1. The van der Waals surface area contributed by atoms with E-state index in [0.29, 0.717) is 6.42 Å². The maximum Gasteiger partial charge on any atom is 0.166 e. The molecular formula is C22H18O2. The van der Waals surface area contributed by atoms with Crippen molar-refractivity contribution in [2.75, 3.05) is 7.11 Å². The summed E-state index contributed by atoms with van der Waals surface area (Å²) in [5, 5.41) is 0. The summed E-state index contributed by atoms with van der Waals surface area (Å²) in [6.45, 7) is 0. The third-order valence-electron chi connectivity index (χ3n) is 4.87. The Morgan fingerprint density at radius 2 is 1.29 bits per heavy atom. The van der Waals surface area contributed by atoms with E-state index in [1.54, 1.807) is 7.11 Å². The highest BCUT2D eigenvalue weighted by Crippen LogP contribution is 2.51. The number of ketones is 1.